The smallest absolute Gasteiger partial charge is 0.168 e. The third-order valence-electron chi connectivity index (χ3n) is 4.48. The van der Waals surface area contributed by atoms with Crippen LogP contribution in [0.2, 0.25) is 0 Å². The van der Waals surface area contributed by atoms with E-state index in [2.05, 4.69) is 13.8 Å². The molecule has 1 fully saturated rings. The number of ether oxygens (including phenoxy) is 1. The molecule has 2 atom stereocenters. The van der Waals surface area contributed by atoms with Crippen LogP contribution in [0.25, 0.3) is 0 Å². The topological polar surface area (TPSA) is 26.3 Å². The third-order valence-corrected chi connectivity index (χ3v) is 4.48. The zero-order valence-electron chi connectivity index (χ0n) is 12.5. The van der Waals surface area contributed by atoms with Crippen LogP contribution in [-0.4, -0.2) is 12.9 Å². The number of ketones is 1. The van der Waals surface area contributed by atoms with Crippen molar-refractivity contribution in [3.8, 4) is 5.75 Å². The van der Waals surface area contributed by atoms with Crippen molar-refractivity contribution in [3.05, 3.63) is 29.6 Å². The highest BCUT2D eigenvalue weighted by Gasteiger charge is 2.30. The van der Waals surface area contributed by atoms with Gasteiger partial charge in [0, 0.05) is 12.3 Å². The summed E-state index contributed by atoms with van der Waals surface area (Å²) >= 11 is 0. The van der Waals surface area contributed by atoms with Crippen LogP contribution in [0.1, 0.15) is 38.7 Å². The largest absolute Gasteiger partial charge is 0.494 e. The van der Waals surface area contributed by atoms with E-state index < -0.39 is 0 Å². The van der Waals surface area contributed by atoms with Crippen molar-refractivity contribution in [1.29, 1.82) is 0 Å². The molecule has 0 amide bonds. The van der Waals surface area contributed by atoms with Gasteiger partial charge in [-0.25, -0.2) is 4.39 Å². The molecule has 0 spiro atoms. The first kappa shape index (κ1) is 15.0. The highest BCUT2D eigenvalue weighted by Crippen LogP contribution is 2.34. The van der Waals surface area contributed by atoms with Crippen molar-refractivity contribution in [1.82, 2.24) is 0 Å². The Morgan fingerprint density at radius 1 is 1.40 bits per heavy atom. The van der Waals surface area contributed by atoms with Gasteiger partial charge in [0.25, 0.3) is 0 Å². The van der Waals surface area contributed by atoms with Gasteiger partial charge >= 0.3 is 0 Å². The average Bonchev–Trinajstić information content (AvgIpc) is 2.43. The van der Waals surface area contributed by atoms with Gasteiger partial charge in [-0.05, 0) is 42.7 Å². The van der Waals surface area contributed by atoms with Gasteiger partial charge in [0.1, 0.15) is 5.78 Å². The minimum absolute atomic E-state index is 0.0437. The van der Waals surface area contributed by atoms with Gasteiger partial charge in [0.05, 0.1) is 7.11 Å². The number of Topliss-reactive ketones (excluding diaryl/α,β-unsaturated/α-hetero) is 1. The Kier molecular flexibility index (Phi) is 4.79. The van der Waals surface area contributed by atoms with Crippen LogP contribution in [-0.2, 0) is 11.2 Å². The molecule has 1 aliphatic carbocycles. The van der Waals surface area contributed by atoms with Crippen molar-refractivity contribution in [2.45, 2.75) is 39.5 Å². The molecule has 2 rings (SSSR count). The lowest BCUT2D eigenvalue weighted by atomic mass is 9.73. The van der Waals surface area contributed by atoms with E-state index >= 15 is 0 Å². The SMILES string of the molecule is COc1cccc(CC2CC(C(C)C)CCC2=O)c1F. The monoisotopic (exact) mass is 278 g/mol. The summed E-state index contributed by atoms with van der Waals surface area (Å²) in [4.78, 5) is 12.1. The Bertz CT molecular complexity index is 482. The van der Waals surface area contributed by atoms with Gasteiger partial charge in [-0.1, -0.05) is 26.0 Å². The molecule has 0 radical (unpaired) electrons. The molecule has 1 aromatic rings. The minimum atomic E-state index is -0.325. The van der Waals surface area contributed by atoms with Gasteiger partial charge in [-0.3, -0.25) is 4.79 Å². The molecule has 2 unspecified atom stereocenters. The Morgan fingerprint density at radius 2 is 2.15 bits per heavy atom. The van der Waals surface area contributed by atoms with Gasteiger partial charge in [-0.2, -0.15) is 0 Å². The fourth-order valence-corrected chi connectivity index (χ4v) is 3.09. The lowest BCUT2D eigenvalue weighted by Gasteiger charge is -2.30. The molecule has 20 heavy (non-hydrogen) atoms. The molecular formula is C17H23FO2. The van der Waals surface area contributed by atoms with Crippen molar-refractivity contribution in [3.63, 3.8) is 0 Å². The highest BCUT2D eigenvalue weighted by molar-refractivity contribution is 5.82. The maximum Gasteiger partial charge on any atom is 0.168 e. The summed E-state index contributed by atoms with van der Waals surface area (Å²) in [5.74, 6) is 1.33. The van der Waals surface area contributed by atoms with E-state index in [4.69, 9.17) is 4.74 Å². The molecule has 1 aromatic carbocycles. The Hall–Kier alpha value is -1.38. The third kappa shape index (κ3) is 3.20. The summed E-state index contributed by atoms with van der Waals surface area (Å²) in [5.41, 5.74) is 0.590. The van der Waals surface area contributed by atoms with Crippen LogP contribution >= 0.6 is 0 Å². The number of halogens is 1. The highest BCUT2D eigenvalue weighted by atomic mass is 19.1. The van der Waals surface area contributed by atoms with Crippen molar-refractivity contribution in [2.75, 3.05) is 7.11 Å². The Morgan fingerprint density at radius 3 is 2.80 bits per heavy atom. The first-order valence-electron chi connectivity index (χ1n) is 7.37. The van der Waals surface area contributed by atoms with E-state index in [-0.39, 0.29) is 23.3 Å². The number of rotatable bonds is 4. The van der Waals surface area contributed by atoms with Crippen LogP contribution in [0.3, 0.4) is 0 Å². The van der Waals surface area contributed by atoms with Crippen molar-refractivity contribution in [2.24, 2.45) is 17.8 Å². The number of carbonyl (C=O) groups is 1. The standard InChI is InChI=1S/C17H23FO2/c1-11(2)12-7-8-15(19)14(9-12)10-13-5-4-6-16(20-3)17(13)18/h4-6,11-12,14H,7-10H2,1-3H3. The van der Waals surface area contributed by atoms with Gasteiger partial charge in [0.15, 0.2) is 11.6 Å². The predicted molar refractivity (Wildman–Crippen MR) is 77.3 cm³/mol. The van der Waals surface area contributed by atoms with Gasteiger partial charge in [0.2, 0.25) is 0 Å². The minimum Gasteiger partial charge on any atom is -0.494 e. The van der Waals surface area contributed by atoms with E-state index in [9.17, 15) is 9.18 Å². The summed E-state index contributed by atoms with van der Waals surface area (Å²) in [6, 6.07) is 5.15. The zero-order chi connectivity index (χ0) is 14.7. The zero-order valence-corrected chi connectivity index (χ0v) is 12.5. The lowest BCUT2D eigenvalue weighted by molar-refractivity contribution is -0.125. The van der Waals surface area contributed by atoms with Crippen LogP contribution in [0.5, 0.6) is 5.75 Å². The molecule has 0 heterocycles. The fourth-order valence-electron chi connectivity index (χ4n) is 3.09. The number of hydrogen-bond donors (Lipinski definition) is 0. The first-order valence-corrected chi connectivity index (χ1v) is 7.37. The summed E-state index contributed by atoms with van der Waals surface area (Å²) in [6.45, 7) is 4.40. The van der Waals surface area contributed by atoms with E-state index in [1.807, 2.05) is 0 Å². The number of methoxy groups -OCH3 is 1. The van der Waals surface area contributed by atoms with Gasteiger partial charge < -0.3 is 4.74 Å². The van der Waals surface area contributed by atoms with Crippen LogP contribution in [0.4, 0.5) is 4.39 Å². The Balaban J connectivity index is 2.14. The number of carbonyl (C=O) groups excluding carboxylic acids is 1. The summed E-state index contributed by atoms with van der Waals surface area (Å²) in [7, 11) is 1.46. The summed E-state index contributed by atoms with van der Waals surface area (Å²) in [6.07, 6.45) is 2.99. The predicted octanol–water partition coefficient (Wildman–Crippen LogP) is 4.02. The van der Waals surface area contributed by atoms with E-state index in [1.165, 1.54) is 7.11 Å². The van der Waals surface area contributed by atoms with Gasteiger partial charge in [-0.15, -0.1) is 0 Å². The lowest BCUT2D eigenvalue weighted by Crippen LogP contribution is -2.29. The maximum atomic E-state index is 14.2. The number of benzene rings is 1. The summed E-state index contributed by atoms with van der Waals surface area (Å²) in [5, 5.41) is 0. The summed E-state index contributed by atoms with van der Waals surface area (Å²) < 4.78 is 19.2. The molecule has 0 bridgehead atoms. The molecule has 110 valence electrons. The molecule has 3 heteroatoms. The molecule has 0 aromatic heterocycles. The van der Waals surface area contributed by atoms with Crippen molar-refractivity contribution < 1.29 is 13.9 Å². The molecule has 0 N–H and O–H groups in total. The van der Waals surface area contributed by atoms with E-state index in [1.54, 1.807) is 18.2 Å². The average molecular weight is 278 g/mol. The molecule has 2 nitrogen and oxygen atoms in total. The van der Waals surface area contributed by atoms with Crippen LogP contribution in [0.15, 0.2) is 18.2 Å². The van der Waals surface area contributed by atoms with Crippen molar-refractivity contribution >= 4 is 5.78 Å². The molecule has 1 saturated carbocycles. The molecule has 0 saturated heterocycles. The Labute approximate surface area is 120 Å². The normalized spacial score (nSPS) is 23.1. The quantitative estimate of drug-likeness (QED) is 0.831. The maximum absolute atomic E-state index is 14.2. The second-order valence-electron chi connectivity index (χ2n) is 6.08. The molecular weight excluding hydrogens is 255 g/mol. The number of hydrogen-bond acceptors (Lipinski definition) is 2. The fraction of sp³-hybridized carbons (Fsp3) is 0.588. The van der Waals surface area contributed by atoms with E-state index in [0.29, 0.717) is 30.2 Å². The molecule has 0 aliphatic heterocycles. The molecule has 1 aliphatic rings. The first-order chi connectivity index (χ1) is 9.52. The van der Waals surface area contributed by atoms with Crippen LogP contribution in [0, 0.1) is 23.6 Å². The van der Waals surface area contributed by atoms with E-state index in [0.717, 1.165) is 12.8 Å². The second-order valence-corrected chi connectivity index (χ2v) is 6.08. The van der Waals surface area contributed by atoms with Crippen LogP contribution < -0.4 is 4.74 Å². The second kappa shape index (κ2) is 6.38.